The summed E-state index contributed by atoms with van der Waals surface area (Å²) in [4.78, 5) is 8.84. The molecule has 0 spiro atoms. The summed E-state index contributed by atoms with van der Waals surface area (Å²) in [6.45, 7) is 5.37. The van der Waals surface area contributed by atoms with Crippen LogP contribution in [0.25, 0.3) is 0 Å². The predicted molar refractivity (Wildman–Crippen MR) is 93.7 cm³/mol. The van der Waals surface area contributed by atoms with Crippen LogP contribution in [0.2, 0.25) is 0 Å². The molecule has 0 saturated carbocycles. The van der Waals surface area contributed by atoms with E-state index in [0.717, 1.165) is 48.9 Å². The number of aryl methyl sites for hydroxylation is 1. The maximum absolute atomic E-state index is 5.77. The summed E-state index contributed by atoms with van der Waals surface area (Å²) in [5, 5.41) is 4.33. The highest BCUT2D eigenvalue weighted by molar-refractivity contribution is 9.10. The van der Waals surface area contributed by atoms with Gasteiger partial charge in [0.15, 0.2) is 0 Å². The van der Waals surface area contributed by atoms with Crippen LogP contribution in [0.4, 0.5) is 11.9 Å². The molecular formula is C15H21BrN6O. The van der Waals surface area contributed by atoms with Crippen molar-refractivity contribution < 1.29 is 4.74 Å². The van der Waals surface area contributed by atoms with Crippen molar-refractivity contribution in [3.8, 4) is 5.75 Å². The number of anilines is 2. The van der Waals surface area contributed by atoms with Gasteiger partial charge in [0.1, 0.15) is 12.4 Å². The maximum atomic E-state index is 5.77. The van der Waals surface area contributed by atoms with Gasteiger partial charge in [-0.05, 0) is 24.3 Å². The van der Waals surface area contributed by atoms with Crippen LogP contribution in [0, 0.1) is 0 Å². The summed E-state index contributed by atoms with van der Waals surface area (Å²) >= 11 is 3.42. The molecule has 0 amide bonds. The summed E-state index contributed by atoms with van der Waals surface area (Å²) in [5.41, 5.74) is 5.74. The molecule has 2 aromatic rings. The first-order valence-electron chi connectivity index (χ1n) is 7.64. The average Bonchev–Trinajstić information content (AvgIpc) is 2.89. The van der Waals surface area contributed by atoms with Crippen LogP contribution < -0.4 is 15.4 Å². The zero-order chi connectivity index (χ0) is 16.2. The Bertz CT molecular complexity index is 616. The molecule has 2 heterocycles. The summed E-state index contributed by atoms with van der Waals surface area (Å²) in [7, 11) is 1.81. The van der Waals surface area contributed by atoms with Crippen molar-refractivity contribution >= 4 is 27.8 Å². The highest BCUT2D eigenvalue weighted by atomic mass is 79.9. The molecule has 0 atom stereocenters. The van der Waals surface area contributed by atoms with Crippen molar-refractivity contribution in [3.05, 3.63) is 28.7 Å². The first-order valence-corrected chi connectivity index (χ1v) is 8.43. The summed E-state index contributed by atoms with van der Waals surface area (Å²) in [6, 6.07) is 7.91. The standard InChI is InChI=1S/C15H21BrN6O/c1-20-14(17)18-15(19-20)22-8-6-21(7-9-22)10-11-23-13-4-2-12(16)3-5-13/h2-5H,6-11H2,1H3,(H2,17,18,19). The van der Waals surface area contributed by atoms with Gasteiger partial charge in [0.05, 0.1) is 0 Å². The third-order valence-electron chi connectivity index (χ3n) is 3.93. The van der Waals surface area contributed by atoms with Gasteiger partial charge in [0.25, 0.3) is 0 Å². The highest BCUT2D eigenvalue weighted by Crippen LogP contribution is 2.16. The lowest BCUT2D eigenvalue weighted by molar-refractivity contribution is 0.200. The summed E-state index contributed by atoms with van der Waals surface area (Å²) < 4.78 is 8.44. The zero-order valence-electron chi connectivity index (χ0n) is 13.2. The minimum atomic E-state index is 0.449. The van der Waals surface area contributed by atoms with E-state index in [1.807, 2.05) is 31.3 Å². The monoisotopic (exact) mass is 380 g/mol. The van der Waals surface area contributed by atoms with E-state index < -0.39 is 0 Å². The van der Waals surface area contributed by atoms with E-state index in [4.69, 9.17) is 10.5 Å². The van der Waals surface area contributed by atoms with Crippen molar-refractivity contribution in [2.24, 2.45) is 7.05 Å². The molecule has 8 heteroatoms. The Morgan fingerprint density at radius 3 is 2.48 bits per heavy atom. The summed E-state index contributed by atoms with van der Waals surface area (Å²) in [5.74, 6) is 2.07. The molecule has 0 unspecified atom stereocenters. The third-order valence-corrected chi connectivity index (χ3v) is 4.46. The molecule has 0 bridgehead atoms. The summed E-state index contributed by atoms with van der Waals surface area (Å²) in [6.07, 6.45) is 0. The molecule has 1 aliphatic rings. The van der Waals surface area contributed by atoms with Gasteiger partial charge in [-0.3, -0.25) is 4.90 Å². The molecule has 23 heavy (non-hydrogen) atoms. The predicted octanol–water partition coefficient (Wildman–Crippen LogP) is 1.36. The number of nitrogens with zero attached hydrogens (tertiary/aromatic N) is 5. The van der Waals surface area contributed by atoms with E-state index in [9.17, 15) is 0 Å². The number of piperazine rings is 1. The molecule has 0 radical (unpaired) electrons. The lowest BCUT2D eigenvalue weighted by atomic mass is 10.3. The van der Waals surface area contributed by atoms with Crippen LogP contribution in [0.3, 0.4) is 0 Å². The van der Waals surface area contributed by atoms with Gasteiger partial charge in [-0.25, -0.2) is 4.68 Å². The number of rotatable bonds is 5. The topological polar surface area (TPSA) is 72.4 Å². The fourth-order valence-electron chi connectivity index (χ4n) is 2.51. The SMILES string of the molecule is Cn1nc(N2CCN(CCOc3ccc(Br)cc3)CC2)nc1N. The zero-order valence-corrected chi connectivity index (χ0v) is 14.7. The average molecular weight is 381 g/mol. The molecule has 1 aromatic carbocycles. The van der Waals surface area contributed by atoms with E-state index >= 15 is 0 Å². The molecule has 124 valence electrons. The normalized spacial score (nSPS) is 15.8. The molecule has 1 saturated heterocycles. The molecule has 7 nitrogen and oxygen atoms in total. The van der Waals surface area contributed by atoms with Crippen LogP contribution in [-0.4, -0.2) is 59.0 Å². The Hall–Kier alpha value is -1.80. The van der Waals surface area contributed by atoms with E-state index in [1.54, 1.807) is 4.68 Å². The second-order valence-corrected chi connectivity index (χ2v) is 6.44. The molecule has 1 aliphatic heterocycles. The molecular weight excluding hydrogens is 360 g/mol. The number of ether oxygens (including phenoxy) is 1. The van der Waals surface area contributed by atoms with Gasteiger partial charge in [-0.15, -0.1) is 5.10 Å². The quantitative estimate of drug-likeness (QED) is 0.844. The van der Waals surface area contributed by atoms with Crippen LogP contribution >= 0.6 is 15.9 Å². The second kappa shape index (κ2) is 7.18. The molecule has 0 aliphatic carbocycles. The van der Waals surface area contributed by atoms with Crippen LogP contribution in [0.5, 0.6) is 5.75 Å². The number of halogens is 1. The van der Waals surface area contributed by atoms with Crippen molar-refractivity contribution in [1.29, 1.82) is 0 Å². The van der Waals surface area contributed by atoms with Gasteiger partial charge in [0, 0.05) is 44.2 Å². The van der Waals surface area contributed by atoms with Crippen LogP contribution in [0.1, 0.15) is 0 Å². The van der Waals surface area contributed by atoms with Gasteiger partial charge in [-0.1, -0.05) is 15.9 Å². The van der Waals surface area contributed by atoms with Gasteiger partial charge in [0.2, 0.25) is 11.9 Å². The smallest absolute Gasteiger partial charge is 0.246 e. The first-order chi connectivity index (χ1) is 11.1. The Morgan fingerprint density at radius 1 is 1.17 bits per heavy atom. The fourth-order valence-corrected chi connectivity index (χ4v) is 2.78. The van der Waals surface area contributed by atoms with Gasteiger partial charge in [-0.2, -0.15) is 4.98 Å². The minimum Gasteiger partial charge on any atom is -0.492 e. The van der Waals surface area contributed by atoms with E-state index in [-0.39, 0.29) is 0 Å². The van der Waals surface area contributed by atoms with E-state index in [0.29, 0.717) is 12.6 Å². The number of nitrogen functional groups attached to an aromatic ring is 1. The van der Waals surface area contributed by atoms with E-state index in [2.05, 4.69) is 35.8 Å². The second-order valence-electron chi connectivity index (χ2n) is 5.52. The Labute approximate surface area is 144 Å². The Morgan fingerprint density at radius 2 is 1.87 bits per heavy atom. The van der Waals surface area contributed by atoms with Gasteiger partial charge < -0.3 is 15.4 Å². The van der Waals surface area contributed by atoms with Gasteiger partial charge >= 0.3 is 0 Å². The number of hydrogen-bond donors (Lipinski definition) is 1. The number of benzene rings is 1. The Kier molecular flexibility index (Phi) is 5.02. The van der Waals surface area contributed by atoms with E-state index in [1.165, 1.54) is 0 Å². The molecule has 3 rings (SSSR count). The van der Waals surface area contributed by atoms with Crippen LogP contribution in [-0.2, 0) is 7.05 Å². The maximum Gasteiger partial charge on any atom is 0.246 e. The number of nitrogens with two attached hydrogens (primary N) is 1. The molecule has 1 fully saturated rings. The minimum absolute atomic E-state index is 0.449. The largest absolute Gasteiger partial charge is 0.492 e. The highest BCUT2D eigenvalue weighted by Gasteiger charge is 2.20. The molecule has 1 aromatic heterocycles. The lowest BCUT2D eigenvalue weighted by Gasteiger charge is -2.33. The first kappa shape index (κ1) is 16.1. The van der Waals surface area contributed by atoms with Crippen LogP contribution in [0.15, 0.2) is 28.7 Å². The lowest BCUT2D eigenvalue weighted by Crippen LogP contribution is -2.47. The third kappa shape index (κ3) is 4.14. The fraction of sp³-hybridized carbons (Fsp3) is 0.467. The Balaban J connectivity index is 1.41. The van der Waals surface area contributed by atoms with Crippen molar-refractivity contribution in [2.75, 3.05) is 50.0 Å². The van der Waals surface area contributed by atoms with Crippen molar-refractivity contribution in [1.82, 2.24) is 19.7 Å². The molecule has 2 N–H and O–H groups in total. The number of aromatic nitrogens is 3. The number of hydrogen-bond acceptors (Lipinski definition) is 6. The van der Waals surface area contributed by atoms with Crippen molar-refractivity contribution in [2.45, 2.75) is 0 Å². The van der Waals surface area contributed by atoms with Crippen molar-refractivity contribution in [3.63, 3.8) is 0 Å².